The largest absolute Gasteiger partial charge is 0.353 e. The minimum absolute atomic E-state index is 0.129. The SMILES string of the molecule is NC1CCC(NC(=O)CSCc2ccc(Cl)cc2)CC1. The zero-order chi connectivity index (χ0) is 14.4. The van der Waals surface area contributed by atoms with Gasteiger partial charge in [0.2, 0.25) is 5.91 Å². The smallest absolute Gasteiger partial charge is 0.230 e. The Morgan fingerprint density at radius 3 is 2.55 bits per heavy atom. The Bertz CT molecular complexity index is 430. The molecular formula is C15H21ClN2OS. The fourth-order valence-corrected chi connectivity index (χ4v) is 3.30. The predicted octanol–water partition coefficient (Wildman–Crippen LogP) is 2.96. The van der Waals surface area contributed by atoms with Crippen molar-refractivity contribution in [1.82, 2.24) is 5.32 Å². The van der Waals surface area contributed by atoms with E-state index in [0.29, 0.717) is 17.8 Å². The summed E-state index contributed by atoms with van der Waals surface area (Å²) in [5.74, 6) is 1.47. The molecule has 20 heavy (non-hydrogen) atoms. The van der Waals surface area contributed by atoms with Crippen LogP contribution in [0.2, 0.25) is 5.02 Å². The van der Waals surface area contributed by atoms with E-state index in [1.807, 2.05) is 24.3 Å². The van der Waals surface area contributed by atoms with Gasteiger partial charge < -0.3 is 11.1 Å². The van der Waals surface area contributed by atoms with Crippen LogP contribution in [0.3, 0.4) is 0 Å². The molecule has 0 unspecified atom stereocenters. The Balaban J connectivity index is 1.64. The van der Waals surface area contributed by atoms with Gasteiger partial charge in [-0.05, 0) is 43.4 Å². The number of carbonyl (C=O) groups excluding carboxylic acids is 1. The number of amides is 1. The molecule has 1 aliphatic rings. The Hall–Kier alpha value is -0.710. The van der Waals surface area contributed by atoms with E-state index in [-0.39, 0.29) is 5.91 Å². The number of thioether (sulfide) groups is 1. The number of nitrogens with two attached hydrogens (primary N) is 1. The summed E-state index contributed by atoms with van der Waals surface area (Å²) in [7, 11) is 0. The van der Waals surface area contributed by atoms with E-state index in [0.717, 1.165) is 36.5 Å². The lowest BCUT2D eigenvalue weighted by Gasteiger charge is -2.26. The van der Waals surface area contributed by atoms with Gasteiger partial charge in [0, 0.05) is 22.9 Å². The zero-order valence-electron chi connectivity index (χ0n) is 11.5. The standard InChI is InChI=1S/C15H21ClN2OS/c16-12-3-1-11(2-4-12)9-20-10-15(19)18-14-7-5-13(17)6-8-14/h1-4,13-14H,5-10,17H2,(H,18,19). The highest BCUT2D eigenvalue weighted by molar-refractivity contribution is 7.99. The van der Waals surface area contributed by atoms with Crippen molar-refractivity contribution >= 4 is 29.3 Å². The molecule has 1 aromatic carbocycles. The van der Waals surface area contributed by atoms with Crippen molar-refractivity contribution in [3.8, 4) is 0 Å². The summed E-state index contributed by atoms with van der Waals surface area (Å²) < 4.78 is 0. The van der Waals surface area contributed by atoms with Crippen LogP contribution in [-0.4, -0.2) is 23.7 Å². The molecule has 5 heteroatoms. The summed E-state index contributed by atoms with van der Waals surface area (Å²) in [6, 6.07) is 8.39. The molecule has 0 radical (unpaired) electrons. The third-order valence-electron chi connectivity index (χ3n) is 3.55. The van der Waals surface area contributed by atoms with Gasteiger partial charge in [-0.3, -0.25) is 4.79 Å². The molecule has 1 saturated carbocycles. The van der Waals surface area contributed by atoms with Crippen LogP contribution in [0.1, 0.15) is 31.2 Å². The average molecular weight is 313 g/mol. The minimum Gasteiger partial charge on any atom is -0.353 e. The van der Waals surface area contributed by atoms with Gasteiger partial charge in [0.15, 0.2) is 0 Å². The molecule has 1 amide bonds. The third kappa shape index (κ3) is 5.35. The normalized spacial score (nSPS) is 22.5. The van der Waals surface area contributed by atoms with Crippen molar-refractivity contribution < 1.29 is 4.79 Å². The molecule has 1 fully saturated rings. The van der Waals surface area contributed by atoms with Crippen molar-refractivity contribution in [1.29, 1.82) is 0 Å². The molecule has 1 aromatic rings. The minimum atomic E-state index is 0.129. The number of nitrogens with one attached hydrogen (secondary N) is 1. The molecule has 0 heterocycles. The second kappa shape index (κ2) is 7.91. The van der Waals surface area contributed by atoms with Crippen LogP contribution in [-0.2, 0) is 10.5 Å². The maximum atomic E-state index is 11.9. The number of benzene rings is 1. The van der Waals surface area contributed by atoms with Crippen molar-refractivity contribution in [2.24, 2.45) is 5.73 Å². The third-order valence-corrected chi connectivity index (χ3v) is 4.81. The first-order valence-electron chi connectivity index (χ1n) is 7.00. The molecule has 0 aromatic heterocycles. The molecule has 110 valence electrons. The van der Waals surface area contributed by atoms with E-state index in [1.54, 1.807) is 11.8 Å². The maximum Gasteiger partial charge on any atom is 0.230 e. The van der Waals surface area contributed by atoms with Gasteiger partial charge in [0.25, 0.3) is 0 Å². The van der Waals surface area contributed by atoms with Gasteiger partial charge in [0.1, 0.15) is 0 Å². The van der Waals surface area contributed by atoms with Crippen LogP contribution in [0.25, 0.3) is 0 Å². The van der Waals surface area contributed by atoms with Crippen LogP contribution in [0.15, 0.2) is 24.3 Å². The van der Waals surface area contributed by atoms with Gasteiger partial charge >= 0.3 is 0 Å². The highest BCUT2D eigenvalue weighted by atomic mass is 35.5. The van der Waals surface area contributed by atoms with E-state index in [1.165, 1.54) is 5.56 Å². The van der Waals surface area contributed by atoms with Crippen LogP contribution in [0, 0.1) is 0 Å². The molecule has 2 rings (SSSR count). The predicted molar refractivity (Wildman–Crippen MR) is 86.0 cm³/mol. The molecular weight excluding hydrogens is 292 g/mol. The highest BCUT2D eigenvalue weighted by Gasteiger charge is 2.19. The molecule has 0 spiro atoms. The molecule has 1 aliphatic carbocycles. The molecule has 0 saturated heterocycles. The molecule has 0 aliphatic heterocycles. The Morgan fingerprint density at radius 2 is 1.90 bits per heavy atom. The van der Waals surface area contributed by atoms with Gasteiger partial charge in [-0.2, -0.15) is 0 Å². The highest BCUT2D eigenvalue weighted by Crippen LogP contribution is 2.18. The van der Waals surface area contributed by atoms with Crippen LogP contribution in [0.5, 0.6) is 0 Å². The average Bonchev–Trinajstić information content (AvgIpc) is 2.44. The summed E-state index contributed by atoms with van der Waals surface area (Å²) in [6.07, 6.45) is 4.05. The first kappa shape index (κ1) is 15.7. The fourth-order valence-electron chi connectivity index (χ4n) is 2.38. The Morgan fingerprint density at radius 1 is 1.25 bits per heavy atom. The zero-order valence-corrected chi connectivity index (χ0v) is 13.1. The second-order valence-corrected chi connectivity index (χ2v) is 6.72. The maximum absolute atomic E-state index is 11.9. The number of carbonyl (C=O) groups is 1. The number of hydrogen-bond acceptors (Lipinski definition) is 3. The lowest BCUT2D eigenvalue weighted by Crippen LogP contribution is -2.41. The lowest BCUT2D eigenvalue weighted by molar-refractivity contribution is -0.119. The van der Waals surface area contributed by atoms with Crippen molar-refractivity contribution in [2.75, 3.05) is 5.75 Å². The van der Waals surface area contributed by atoms with Gasteiger partial charge in [-0.25, -0.2) is 0 Å². The van der Waals surface area contributed by atoms with Gasteiger partial charge in [-0.15, -0.1) is 11.8 Å². The van der Waals surface area contributed by atoms with Crippen molar-refractivity contribution in [2.45, 2.75) is 43.5 Å². The lowest BCUT2D eigenvalue weighted by atomic mass is 9.92. The van der Waals surface area contributed by atoms with E-state index in [2.05, 4.69) is 5.32 Å². The quantitative estimate of drug-likeness (QED) is 0.879. The summed E-state index contributed by atoms with van der Waals surface area (Å²) in [5, 5.41) is 3.84. The van der Waals surface area contributed by atoms with Crippen molar-refractivity contribution in [3.05, 3.63) is 34.9 Å². The summed E-state index contributed by atoms with van der Waals surface area (Å²) in [6.45, 7) is 0. The second-order valence-electron chi connectivity index (χ2n) is 5.30. The number of rotatable bonds is 5. The van der Waals surface area contributed by atoms with Gasteiger partial charge in [-0.1, -0.05) is 23.7 Å². The van der Waals surface area contributed by atoms with E-state index in [9.17, 15) is 4.79 Å². The first-order valence-corrected chi connectivity index (χ1v) is 8.54. The Labute approximate surface area is 129 Å². The van der Waals surface area contributed by atoms with E-state index >= 15 is 0 Å². The molecule has 3 N–H and O–H groups in total. The summed E-state index contributed by atoms with van der Waals surface area (Å²) in [4.78, 5) is 11.9. The van der Waals surface area contributed by atoms with E-state index < -0.39 is 0 Å². The monoisotopic (exact) mass is 312 g/mol. The van der Waals surface area contributed by atoms with Crippen LogP contribution in [0.4, 0.5) is 0 Å². The van der Waals surface area contributed by atoms with Crippen LogP contribution < -0.4 is 11.1 Å². The van der Waals surface area contributed by atoms with Gasteiger partial charge in [0.05, 0.1) is 5.75 Å². The topological polar surface area (TPSA) is 55.1 Å². The van der Waals surface area contributed by atoms with Crippen LogP contribution >= 0.6 is 23.4 Å². The molecule has 0 bridgehead atoms. The number of halogens is 1. The summed E-state index contributed by atoms with van der Waals surface area (Å²) >= 11 is 7.46. The number of hydrogen-bond donors (Lipinski definition) is 2. The first-order chi connectivity index (χ1) is 9.63. The van der Waals surface area contributed by atoms with E-state index in [4.69, 9.17) is 17.3 Å². The fraction of sp³-hybridized carbons (Fsp3) is 0.533. The molecule has 0 atom stereocenters. The van der Waals surface area contributed by atoms with Crippen molar-refractivity contribution in [3.63, 3.8) is 0 Å². The Kier molecular flexibility index (Phi) is 6.20. The summed E-state index contributed by atoms with van der Waals surface area (Å²) in [5.41, 5.74) is 7.05. The molecule has 3 nitrogen and oxygen atoms in total.